The summed E-state index contributed by atoms with van der Waals surface area (Å²) < 4.78 is 3.52. The van der Waals surface area contributed by atoms with Crippen LogP contribution in [0.3, 0.4) is 0 Å². The van der Waals surface area contributed by atoms with Crippen LogP contribution in [0.2, 0.25) is 10.3 Å². The summed E-state index contributed by atoms with van der Waals surface area (Å²) in [5, 5.41) is 13.1. The number of amides is 1. The normalized spacial score (nSPS) is 17.2. The number of anilines is 2. The molecule has 3 aromatic rings. The molecular formula is C17H18Cl2N8O. The van der Waals surface area contributed by atoms with Crippen LogP contribution >= 0.6 is 23.2 Å². The number of fused-ring (bicyclic) bond motifs is 1. The Bertz CT molecular complexity index is 1070. The van der Waals surface area contributed by atoms with Gasteiger partial charge in [0.2, 0.25) is 11.9 Å². The Hall–Kier alpha value is -2.39. The van der Waals surface area contributed by atoms with Gasteiger partial charge in [0, 0.05) is 31.7 Å². The summed E-state index contributed by atoms with van der Waals surface area (Å²) >= 11 is 12.4. The van der Waals surface area contributed by atoms with Crippen LogP contribution < -0.4 is 5.32 Å². The van der Waals surface area contributed by atoms with Crippen LogP contribution in [0, 0.1) is 5.92 Å². The van der Waals surface area contributed by atoms with E-state index in [2.05, 4.69) is 25.5 Å². The number of likely N-dealkylation sites (tertiary alicyclic amines) is 1. The van der Waals surface area contributed by atoms with Crippen LogP contribution in [0.5, 0.6) is 0 Å². The topological polar surface area (TPSA) is 93.8 Å². The molecule has 2 aliphatic rings. The SMILES string of the molecule is CCn1nc(Cl)c2cnc(Nc3cn(C4CN(C(=O)C5CC5)C4)nc3Cl)nc21. The van der Waals surface area contributed by atoms with Gasteiger partial charge in [0.25, 0.3) is 0 Å². The van der Waals surface area contributed by atoms with E-state index >= 15 is 0 Å². The fraction of sp³-hybridized carbons (Fsp3) is 0.471. The summed E-state index contributed by atoms with van der Waals surface area (Å²) in [6.45, 7) is 3.96. The largest absolute Gasteiger partial charge is 0.338 e. The maximum atomic E-state index is 12.1. The lowest BCUT2D eigenvalue weighted by Gasteiger charge is -2.39. The van der Waals surface area contributed by atoms with E-state index in [0.29, 0.717) is 52.6 Å². The summed E-state index contributed by atoms with van der Waals surface area (Å²) in [5.74, 6) is 0.900. The van der Waals surface area contributed by atoms with E-state index in [9.17, 15) is 4.79 Å². The summed E-state index contributed by atoms with van der Waals surface area (Å²) in [5.41, 5.74) is 1.27. The summed E-state index contributed by atoms with van der Waals surface area (Å²) in [7, 11) is 0. The monoisotopic (exact) mass is 420 g/mol. The number of aromatic nitrogens is 6. The van der Waals surface area contributed by atoms with Gasteiger partial charge in [-0.2, -0.15) is 15.2 Å². The zero-order valence-corrected chi connectivity index (χ0v) is 16.7. The number of aryl methyl sites for hydroxylation is 1. The molecule has 4 heterocycles. The Morgan fingerprint density at radius 3 is 2.75 bits per heavy atom. The van der Waals surface area contributed by atoms with E-state index in [-0.39, 0.29) is 17.9 Å². The summed E-state index contributed by atoms with van der Waals surface area (Å²) in [6.07, 6.45) is 5.50. The van der Waals surface area contributed by atoms with E-state index in [0.717, 1.165) is 12.8 Å². The van der Waals surface area contributed by atoms with E-state index in [1.807, 2.05) is 18.0 Å². The van der Waals surface area contributed by atoms with E-state index in [1.54, 1.807) is 15.6 Å². The Balaban J connectivity index is 1.32. The molecule has 0 radical (unpaired) electrons. The third kappa shape index (κ3) is 2.98. The summed E-state index contributed by atoms with van der Waals surface area (Å²) in [4.78, 5) is 22.7. The zero-order chi connectivity index (χ0) is 19.4. The van der Waals surface area contributed by atoms with Crippen LogP contribution in [-0.2, 0) is 11.3 Å². The van der Waals surface area contributed by atoms with E-state index < -0.39 is 0 Å². The van der Waals surface area contributed by atoms with Gasteiger partial charge in [0.05, 0.1) is 23.3 Å². The Kier molecular flexibility index (Phi) is 4.17. The number of nitrogens with one attached hydrogen (secondary N) is 1. The third-order valence-electron chi connectivity index (χ3n) is 5.15. The molecule has 1 N–H and O–H groups in total. The highest BCUT2D eigenvalue weighted by Crippen LogP contribution is 2.35. The molecule has 5 rings (SSSR count). The average Bonchev–Trinajstić information content (AvgIpc) is 3.37. The van der Waals surface area contributed by atoms with Crippen LogP contribution in [0.4, 0.5) is 11.6 Å². The molecular weight excluding hydrogens is 403 g/mol. The smallest absolute Gasteiger partial charge is 0.229 e. The van der Waals surface area contributed by atoms with Crippen LogP contribution in [0.15, 0.2) is 12.4 Å². The fourth-order valence-corrected chi connectivity index (χ4v) is 3.76. The van der Waals surface area contributed by atoms with Crippen molar-refractivity contribution in [3.8, 4) is 0 Å². The third-order valence-corrected chi connectivity index (χ3v) is 5.71. The molecule has 0 unspecified atom stereocenters. The molecule has 1 aliphatic heterocycles. The first-order chi connectivity index (χ1) is 13.5. The van der Waals surface area contributed by atoms with Crippen LogP contribution in [0.25, 0.3) is 11.0 Å². The average molecular weight is 421 g/mol. The molecule has 0 bridgehead atoms. The van der Waals surface area contributed by atoms with Crippen molar-refractivity contribution < 1.29 is 4.79 Å². The van der Waals surface area contributed by atoms with Crippen LogP contribution in [0.1, 0.15) is 25.8 Å². The standard InChI is InChI=1S/C17H18Cl2N8O/c1-2-26-15-11(13(18)23-26)5-20-17(22-15)21-12-8-27(24-14(12)19)10-6-25(7-10)16(28)9-3-4-9/h5,8-10H,2-4,6-7H2,1H3,(H,20,21,22). The second-order valence-corrected chi connectivity index (χ2v) is 7.86. The number of hydrogen-bond donors (Lipinski definition) is 1. The van der Waals surface area contributed by atoms with Crippen LogP contribution in [-0.4, -0.2) is 53.4 Å². The number of carbonyl (C=O) groups is 1. The van der Waals surface area contributed by atoms with Gasteiger partial charge in [-0.3, -0.25) is 9.48 Å². The van der Waals surface area contributed by atoms with Gasteiger partial charge in [-0.15, -0.1) is 0 Å². The van der Waals surface area contributed by atoms with Gasteiger partial charge < -0.3 is 10.2 Å². The first kappa shape index (κ1) is 17.7. The van der Waals surface area contributed by atoms with Crippen molar-refractivity contribution in [3.05, 3.63) is 22.7 Å². The maximum Gasteiger partial charge on any atom is 0.229 e. The van der Waals surface area contributed by atoms with Gasteiger partial charge in [-0.25, -0.2) is 9.67 Å². The molecule has 0 spiro atoms. The molecule has 28 heavy (non-hydrogen) atoms. The molecule has 0 aromatic carbocycles. The van der Waals surface area contributed by atoms with Gasteiger partial charge in [-0.05, 0) is 19.8 Å². The molecule has 1 aliphatic carbocycles. The molecule has 1 saturated heterocycles. The highest BCUT2D eigenvalue weighted by Gasteiger charge is 2.40. The van der Waals surface area contributed by atoms with Gasteiger partial charge in [0.1, 0.15) is 0 Å². The summed E-state index contributed by atoms with van der Waals surface area (Å²) in [6, 6.07) is 0.138. The maximum absolute atomic E-state index is 12.1. The molecule has 0 atom stereocenters. The molecule has 9 nitrogen and oxygen atoms in total. The van der Waals surface area contributed by atoms with Gasteiger partial charge in [0.15, 0.2) is 16.0 Å². The second-order valence-electron chi connectivity index (χ2n) is 7.15. The number of halogens is 2. The first-order valence-corrected chi connectivity index (χ1v) is 9.98. The lowest BCUT2D eigenvalue weighted by atomic mass is 10.1. The van der Waals surface area contributed by atoms with Crippen molar-refractivity contribution in [2.75, 3.05) is 18.4 Å². The molecule has 2 fully saturated rings. The van der Waals surface area contributed by atoms with Crippen molar-refractivity contribution in [1.29, 1.82) is 0 Å². The van der Waals surface area contributed by atoms with Gasteiger partial charge >= 0.3 is 0 Å². The second kappa shape index (κ2) is 6.59. The van der Waals surface area contributed by atoms with Crippen molar-refractivity contribution in [2.24, 2.45) is 5.92 Å². The highest BCUT2D eigenvalue weighted by molar-refractivity contribution is 6.34. The number of nitrogens with zero attached hydrogens (tertiary/aromatic N) is 7. The van der Waals surface area contributed by atoms with Crippen molar-refractivity contribution in [3.63, 3.8) is 0 Å². The Morgan fingerprint density at radius 1 is 1.25 bits per heavy atom. The molecule has 146 valence electrons. The molecule has 1 saturated carbocycles. The minimum Gasteiger partial charge on any atom is -0.338 e. The first-order valence-electron chi connectivity index (χ1n) is 9.23. The lowest BCUT2D eigenvalue weighted by Crippen LogP contribution is -2.51. The van der Waals surface area contributed by atoms with E-state index in [1.165, 1.54) is 0 Å². The molecule has 3 aromatic heterocycles. The predicted molar refractivity (Wildman–Crippen MR) is 105 cm³/mol. The van der Waals surface area contributed by atoms with Crippen molar-refractivity contribution >= 4 is 51.8 Å². The number of carbonyl (C=O) groups excluding carboxylic acids is 1. The van der Waals surface area contributed by atoms with Crippen molar-refractivity contribution in [1.82, 2.24) is 34.4 Å². The molecule has 11 heteroatoms. The minimum atomic E-state index is 0.138. The number of rotatable bonds is 5. The Morgan fingerprint density at radius 2 is 2.04 bits per heavy atom. The lowest BCUT2D eigenvalue weighted by molar-refractivity contribution is -0.138. The van der Waals surface area contributed by atoms with E-state index in [4.69, 9.17) is 23.2 Å². The number of hydrogen-bond acceptors (Lipinski definition) is 6. The fourth-order valence-electron chi connectivity index (χ4n) is 3.36. The zero-order valence-electron chi connectivity index (χ0n) is 15.1. The highest BCUT2D eigenvalue weighted by atomic mass is 35.5. The quantitative estimate of drug-likeness (QED) is 0.681. The molecule has 1 amide bonds. The Labute approximate surface area is 170 Å². The minimum absolute atomic E-state index is 0.138. The predicted octanol–water partition coefficient (Wildman–Crippen LogP) is 2.89. The van der Waals surface area contributed by atoms with Crippen molar-refractivity contribution in [2.45, 2.75) is 32.4 Å². The van der Waals surface area contributed by atoms with Gasteiger partial charge in [-0.1, -0.05) is 23.2 Å².